The van der Waals surface area contributed by atoms with Crippen LogP contribution in [0.4, 0.5) is 5.69 Å². The van der Waals surface area contributed by atoms with Gasteiger partial charge >= 0.3 is 0 Å². The number of benzene rings is 2. The van der Waals surface area contributed by atoms with E-state index < -0.39 is 0 Å². The van der Waals surface area contributed by atoms with Crippen molar-refractivity contribution < 1.29 is 5.11 Å². The van der Waals surface area contributed by atoms with E-state index in [4.69, 9.17) is 5.73 Å². The third-order valence-corrected chi connectivity index (χ3v) is 4.12. The molecule has 0 aliphatic heterocycles. The summed E-state index contributed by atoms with van der Waals surface area (Å²) in [5.41, 5.74) is 10.9. The Balaban J connectivity index is 2.12. The summed E-state index contributed by atoms with van der Waals surface area (Å²) < 4.78 is 1.81. The highest BCUT2D eigenvalue weighted by Gasteiger charge is 2.17. The van der Waals surface area contributed by atoms with Crippen LogP contribution in [0.1, 0.15) is 11.1 Å². The largest absolute Gasteiger partial charge is 0.507 e. The van der Waals surface area contributed by atoms with Crippen molar-refractivity contribution >= 4 is 5.69 Å². The zero-order chi connectivity index (χ0) is 17.8. The number of aromatic nitrogens is 2. The molecule has 3 rings (SSSR count). The summed E-state index contributed by atoms with van der Waals surface area (Å²) in [5, 5.41) is 15.1. The molecule has 3 aromatic rings. The first-order valence-electron chi connectivity index (χ1n) is 8.12. The predicted octanol–water partition coefficient (Wildman–Crippen LogP) is 4.28. The van der Waals surface area contributed by atoms with Gasteiger partial charge in [-0.05, 0) is 42.7 Å². The molecule has 2 aromatic carbocycles. The fraction of sp³-hybridized carbons (Fsp3) is 0.0952. The molecule has 4 heteroatoms. The van der Waals surface area contributed by atoms with Gasteiger partial charge in [0.05, 0.1) is 11.4 Å². The summed E-state index contributed by atoms with van der Waals surface area (Å²) in [6.45, 7) is 7.51. The van der Waals surface area contributed by atoms with Crippen molar-refractivity contribution in [3.63, 3.8) is 0 Å². The summed E-state index contributed by atoms with van der Waals surface area (Å²) in [6.07, 6.45) is 6.44. The van der Waals surface area contributed by atoms with Crippen molar-refractivity contribution in [2.75, 3.05) is 5.73 Å². The summed E-state index contributed by atoms with van der Waals surface area (Å²) in [5.74, 6) is 0.212. The van der Waals surface area contributed by atoms with Gasteiger partial charge in [0, 0.05) is 23.0 Å². The number of aromatic hydroxyl groups is 1. The topological polar surface area (TPSA) is 64.1 Å². The molecule has 0 atom stereocenters. The second-order valence-electron chi connectivity index (χ2n) is 5.79. The Kier molecular flexibility index (Phi) is 4.70. The lowest BCUT2D eigenvalue weighted by atomic mass is 9.95. The van der Waals surface area contributed by atoms with Gasteiger partial charge in [-0.25, -0.2) is 4.68 Å². The Bertz CT molecular complexity index is 910. The van der Waals surface area contributed by atoms with Crippen molar-refractivity contribution in [2.45, 2.75) is 12.8 Å². The van der Waals surface area contributed by atoms with Crippen LogP contribution in [0.5, 0.6) is 5.75 Å². The van der Waals surface area contributed by atoms with Crippen LogP contribution in [0.15, 0.2) is 74.0 Å². The number of allylic oxidation sites excluding steroid dienone is 2. The van der Waals surface area contributed by atoms with Crippen LogP contribution in [0.3, 0.4) is 0 Å². The average molecular weight is 331 g/mol. The van der Waals surface area contributed by atoms with E-state index in [1.165, 1.54) is 0 Å². The van der Waals surface area contributed by atoms with E-state index in [-0.39, 0.29) is 5.75 Å². The molecule has 0 bridgehead atoms. The molecule has 0 saturated carbocycles. The van der Waals surface area contributed by atoms with Gasteiger partial charge in [0.15, 0.2) is 0 Å². The molecule has 0 saturated heterocycles. The molecule has 0 amide bonds. The van der Waals surface area contributed by atoms with Gasteiger partial charge in [-0.15, -0.1) is 13.2 Å². The van der Waals surface area contributed by atoms with E-state index in [2.05, 4.69) is 18.3 Å². The second-order valence-corrected chi connectivity index (χ2v) is 5.79. The molecular weight excluding hydrogens is 310 g/mol. The SMILES string of the molecule is C=CCc1cc(-c2ccn(-c3ccccc3)n2)c(N)c(CC=C)c1O. The lowest BCUT2D eigenvalue weighted by Crippen LogP contribution is -2.01. The zero-order valence-corrected chi connectivity index (χ0v) is 14.0. The van der Waals surface area contributed by atoms with Gasteiger partial charge in [0.1, 0.15) is 5.75 Å². The number of rotatable bonds is 6. The molecule has 0 aliphatic carbocycles. The average Bonchev–Trinajstić information content (AvgIpc) is 3.12. The van der Waals surface area contributed by atoms with Crippen LogP contribution in [-0.4, -0.2) is 14.9 Å². The fourth-order valence-electron chi connectivity index (χ4n) is 2.87. The van der Waals surface area contributed by atoms with E-state index in [1.54, 1.807) is 12.2 Å². The van der Waals surface area contributed by atoms with E-state index in [1.807, 2.05) is 53.3 Å². The standard InChI is InChI=1S/C21H21N3O/c1-3-8-15-14-18(20(22)17(9-4-2)21(15)25)19-12-13-24(23-19)16-10-6-5-7-11-16/h3-7,10-14,25H,1-2,8-9,22H2. The number of nitrogen functional groups attached to an aromatic ring is 1. The number of nitrogens with zero attached hydrogens (tertiary/aromatic N) is 2. The molecule has 0 radical (unpaired) electrons. The lowest BCUT2D eigenvalue weighted by Gasteiger charge is -2.14. The highest BCUT2D eigenvalue weighted by atomic mass is 16.3. The highest BCUT2D eigenvalue weighted by Crippen LogP contribution is 2.37. The first-order chi connectivity index (χ1) is 12.2. The molecule has 25 heavy (non-hydrogen) atoms. The van der Waals surface area contributed by atoms with Crippen LogP contribution in [0.25, 0.3) is 16.9 Å². The molecule has 1 heterocycles. The number of anilines is 1. The van der Waals surface area contributed by atoms with E-state index in [9.17, 15) is 5.11 Å². The molecule has 1 aromatic heterocycles. The van der Waals surface area contributed by atoms with Gasteiger partial charge in [-0.3, -0.25) is 0 Å². The quantitative estimate of drug-likeness (QED) is 0.523. The van der Waals surface area contributed by atoms with Gasteiger partial charge in [-0.2, -0.15) is 5.10 Å². The van der Waals surface area contributed by atoms with E-state index >= 15 is 0 Å². The number of hydrogen-bond donors (Lipinski definition) is 2. The fourth-order valence-corrected chi connectivity index (χ4v) is 2.87. The number of phenols is 1. The van der Waals surface area contributed by atoms with Crippen molar-refractivity contribution in [1.29, 1.82) is 0 Å². The van der Waals surface area contributed by atoms with Crippen LogP contribution < -0.4 is 5.73 Å². The lowest BCUT2D eigenvalue weighted by molar-refractivity contribution is 0.464. The maximum absolute atomic E-state index is 10.5. The van der Waals surface area contributed by atoms with Crippen LogP contribution in [0.2, 0.25) is 0 Å². The number of hydrogen-bond acceptors (Lipinski definition) is 3. The summed E-state index contributed by atoms with van der Waals surface area (Å²) in [4.78, 5) is 0. The summed E-state index contributed by atoms with van der Waals surface area (Å²) >= 11 is 0. The Labute approximate surface area is 147 Å². The van der Waals surface area contributed by atoms with Crippen molar-refractivity contribution in [1.82, 2.24) is 9.78 Å². The molecular formula is C21H21N3O. The number of para-hydroxylation sites is 1. The van der Waals surface area contributed by atoms with Gasteiger partial charge in [0.2, 0.25) is 0 Å². The second kappa shape index (κ2) is 7.09. The minimum Gasteiger partial charge on any atom is -0.507 e. The number of nitrogens with two attached hydrogens (primary N) is 1. The van der Waals surface area contributed by atoms with Gasteiger partial charge in [0.25, 0.3) is 0 Å². The Hall–Kier alpha value is -3.27. The van der Waals surface area contributed by atoms with Crippen molar-refractivity contribution in [2.24, 2.45) is 0 Å². The minimum atomic E-state index is 0.212. The molecule has 126 valence electrons. The molecule has 0 unspecified atom stereocenters. The summed E-state index contributed by atoms with van der Waals surface area (Å²) in [7, 11) is 0. The van der Waals surface area contributed by atoms with Crippen molar-refractivity contribution in [3.8, 4) is 22.7 Å². The molecule has 0 spiro atoms. The van der Waals surface area contributed by atoms with Crippen molar-refractivity contribution in [3.05, 3.63) is 85.1 Å². The minimum absolute atomic E-state index is 0.212. The van der Waals surface area contributed by atoms with E-state index in [0.29, 0.717) is 24.1 Å². The maximum Gasteiger partial charge on any atom is 0.124 e. The smallest absolute Gasteiger partial charge is 0.124 e. The summed E-state index contributed by atoms with van der Waals surface area (Å²) in [6, 6.07) is 13.7. The first kappa shape index (κ1) is 16.6. The van der Waals surface area contributed by atoms with Crippen LogP contribution in [0, 0.1) is 0 Å². The maximum atomic E-state index is 10.5. The van der Waals surface area contributed by atoms with Crippen LogP contribution in [-0.2, 0) is 12.8 Å². The normalized spacial score (nSPS) is 10.6. The zero-order valence-electron chi connectivity index (χ0n) is 14.0. The van der Waals surface area contributed by atoms with Gasteiger partial charge < -0.3 is 10.8 Å². The third-order valence-electron chi connectivity index (χ3n) is 4.12. The van der Waals surface area contributed by atoms with Gasteiger partial charge in [-0.1, -0.05) is 30.4 Å². The number of phenolic OH excluding ortho intramolecular Hbond substituents is 1. The first-order valence-corrected chi connectivity index (χ1v) is 8.12. The monoisotopic (exact) mass is 331 g/mol. The Morgan fingerprint density at radius 1 is 1.08 bits per heavy atom. The molecule has 0 aliphatic rings. The molecule has 3 N–H and O–H groups in total. The third kappa shape index (κ3) is 3.19. The van der Waals surface area contributed by atoms with E-state index in [0.717, 1.165) is 22.5 Å². The molecule has 4 nitrogen and oxygen atoms in total. The predicted molar refractivity (Wildman–Crippen MR) is 103 cm³/mol. The Morgan fingerprint density at radius 3 is 2.48 bits per heavy atom. The highest BCUT2D eigenvalue weighted by molar-refractivity contribution is 5.80. The Morgan fingerprint density at radius 2 is 1.80 bits per heavy atom. The molecule has 0 fully saturated rings. The van der Waals surface area contributed by atoms with Crippen LogP contribution >= 0.6 is 0 Å².